The Balaban J connectivity index is 1.19. The highest BCUT2D eigenvalue weighted by atomic mass is 32.1. The van der Waals surface area contributed by atoms with Crippen molar-refractivity contribution in [1.29, 1.82) is 0 Å². The molecule has 0 atom stereocenters. The minimum Gasteiger partial charge on any atom is -0.370 e. The van der Waals surface area contributed by atoms with E-state index in [0.29, 0.717) is 30.5 Å². The van der Waals surface area contributed by atoms with Gasteiger partial charge in [0.15, 0.2) is 0 Å². The summed E-state index contributed by atoms with van der Waals surface area (Å²) >= 11 is 1.44. The van der Waals surface area contributed by atoms with E-state index in [0.717, 1.165) is 67.4 Å². The fourth-order valence-corrected chi connectivity index (χ4v) is 4.97. The Morgan fingerprint density at radius 2 is 1.92 bits per heavy atom. The molecule has 5 rings (SSSR count). The number of nitrogens with one attached hydrogen (secondary N) is 3. The highest BCUT2D eigenvalue weighted by Gasteiger charge is 2.27. The number of aromatic nitrogens is 2. The molecule has 37 heavy (non-hydrogen) atoms. The zero-order valence-corrected chi connectivity index (χ0v) is 21.9. The molecule has 2 aromatic heterocycles. The van der Waals surface area contributed by atoms with Gasteiger partial charge in [-0.2, -0.15) is 4.98 Å². The summed E-state index contributed by atoms with van der Waals surface area (Å²) in [6.07, 6.45) is 4.98. The quantitative estimate of drug-likeness (QED) is 0.350. The number of benzene rings is 1. The van der Waals surface area contributed by atoms with Crippen molar-refractivity contribution in [1.82, 2.24) is 25.1 Å². The fourth-order valence-electron chi connectivity index (χ4n) is 4.33. The van der Waals surface area contributed by atoms with Gasteiger partial charge in [0.05, 0.1) is 4.88 Å². The molecule has 1 aliphatic carbocycles. The molecule has 3 heterocycles. The van der Waals surface area contributed by atoms with E-state index in [4.69, 9.17) is 4.98 Å². The Bertz CT molecular complexity index is 1220. The third-order valence-electron chi connectivity index (χ3n) is 6.67. The van der Waals surface area contributed by atoms with Crippen molar-refractivity contribution < 1.29 is 9.59 Å². The number of anilines is 3. The van der Waals surface area contributed by atoms with Gasteiger partial charge >= 0.3 is 0 Å². The highest BCUT2D eigenvalue weighted by molar-refractivity contribution is 7.12. The van der Waals surface area contributed by atoms with E-state index in [9.17, 15) is 9.59 Å². The van der Waals surface area contributed by atoms with Crippen LogP contribution in [0.1, 0.15) is 50.8 Å². The van der Waals surface area contributed by atoms with Crippen molar-refractivity contribution >= 4 is 40.6 Å². The van der Waals surface area contributed by atoms with Gasteiger partial charge in [-0.15, -0.1) is 11.3 Å². The molecule has 0 spiro atoms. The number of amides is 2. The standard InChI is InChI=1S/C27H33N7O2S/c1-33-12-14-34(15-13-33)26(36)20-5-2-6-21(17-20)31-27-30-18-22(19-8-9-19)24(32-27)28-10-4-11-29-25(35)23-7-3-16-37-23/h2-3,5-7,16-19H,4,8-15H2,1H3,(H,29,35)(H2,28,30,31,32). The molecule has 9 nitrogen and oxygen atoms in total. The molecule has 3 N–H and O–H groups in total. The monoisotopic (exact) mass is 519 g/mol. The Labute approximate surface area is 221 Å². The number of piperazine rings is 1. The van der Waals surface area contributed by atoms with Crippen LogP contribution in [0.25, 0.3) is 0 Å². The van der Waals surface area contributed by atoms with Gasteiger partial charge in [-0.05, 0) is 61.9 Å². The molecule has 2 fully saturated rings. The second-order valence-electron chi connectivity index (χ2n) is 9.59. The molecular weight excluding hydrogens is 486 g/mol. The molecule has 10 heteroatoms. The Morgan fingerprint density at radius 1 is 1.08 bits per heavy atom. The van der Waals surface area contributed by atoms with Crippen LogP contribution in [0.3, 0.4) is 0 Å². The van der Waals surface area contributed by atoms with Crippen molar-refractivity contribution in [3.05, 3.63) is 64.0 Å². The first-order valence-electron chi connectivity index (χ1n) is 12.8. The molecule has 1 saturated heterocycles. The largest absolute Gasteiger partial charge is 0.370 e. The zero-order chi connectivity index (χ0) is 25.6. The van der Waals surface area contributed by atoms with Crippen LogP contribution >= 0.6 is 11.3 Å². The van der Waals surface area contributed by atoms with Crippen molar-refractivity contribution in [2.75, 3.05) is 56.9 Å². The van der Waals surface area contributed by atoms with E-state index in [2.05, 4.69) is 32.9 Å². The first kappa shape index (κ1) is 25.2. The summed E-state index contributed by atoms with van der Waals surface area (Å²) in [4.78, 5) is 39.3. The summed E-state index contributed by atoms with van der Waals surface area (Å²) in [7, 11) is 2.08. The van der Waals surface area contributed by atoms with E-state index < -0.39 is 0 Å². The lowest BCUT2D eigenvalue weighted by atomic mass is 10.1. The lowest BCUT2D eigenvalue weighted by molar-refractivity contribution is 0.0664. The van der Waals surface area contributed by atoms with Crippen LogP contribution in [0.4, 0.5) is 17.5 Å². The van der Waals surface area contributed by atoms with Crippen LogP contribution in [0, 0.1) is 0 Å². The third kappa shape index (κ3) is 6.64. The highest BCUT2D eigenvalue weighted by Crippen LogP contribution is 2.42. The maximum atomic E-state index is 13.0. The van der Waals surface area contributed by atoms with Gasteiger partial charge in [0, 0.05) is 62.3 Å². The molecule has 0 radical (unpaired) electrons. The van der Waals surface area contributed by atoms with Crippen molar-refractivity contribution in [2.24, 2.45) is 0 Å². The summed E-state index contributed by atoms with van der Waals surface area (Å²) in [6, 6.07) is 11.2. The number of hydrogen-bond donors (Lipinski definition) is 3. The van der Waals surface area contributed by atoms with Crippen LogP contribution in [-0.4, -0.2) is 77.9 Å². The number of rotatable bonds is 10. The number of carbonyl (C=O) groups is 2. The smallest absolute Gasteiger partial charge is 0.261 e. The summed E-state index contributed by atoms with van der Waals surface area (Å²) < 4.78 is 0. The van der Waals surface area contributed by atoms with E-state index in [1.807, 2.05) is 52.9 Å². The van der Waals surface area contributed by atoms with E-state index in [-0.39, 0.29) is 11.8 Å². The van der Waals surface area contributed by atoms with Crippen LogP contribution in [0.2, 0.25) is 0 Å². The second-order valence-corrected chi connectivity index (χ2v) is 10.5. The number of carbonyl (C=O) groups excluding carboxylic acids is 2. The summed E-state index contributed by atoms with van der Waals surface area (Å²) in [5, 5.41) is 11.6. The normalized spacial score (nSPS) is 15.9. The zero-order valence-electron chi connectivity index (χ0n) is 21.1. The predicted octanol–water partition coefficient (Wildman–Crippen LogP) is 3.78. The van der Waals surface area contributed by atoms with Gasteiger partial charge in [0.2, 0.25) is 5.95 Å². The van der Waals surface area contributed by atoms with Crippen LogP contribution in [-0.2, 0) is 0 Å². The second kappa shape index (κ2) is 11.7. The van der Waals surface area contributed by atoms with Gasteiger partial charge in [0.1, 0.15) is 5.82 Å². The van der Waals surface area contributed by atoms with Gasteiger partial charge < -0.3 is 25.8 Å². The lowest BCUT2D eigenvalue weighted by Gasteiger charge is -2.32. The average Bonchev–Trinajstić information content (AvgIpc) is 3.60. The third-order valence-corrected chi connectivity index (χ3v) is 7.54. The number of nitrogens with zero attached hydrogens (tertiary/aromatic N) is 4. The lowest BCUT2D eigenvalue weighted by Crippen LogP contribution is -2.47. The molecule has 1 aromatic carbocycles. The van der Waals surface area contributed by atoms with Gasteiger partial charge in [-0.1, -0.05) is 12.1 Å². The predicted molar refractivity (Wildman–Crippen MR) is 147 cm³/mol. The average molecular weight is 520 g/mol. The number of thiophene rings is 1. The Kier molecular flexibility index (Phi) is 7.96. The molecular formula is C27H33N7O2S. The molecule has 3 aromatic rings. The molecule has 0 bridgehead atoms. The number of hydrogen-bond acceptors (Lipinski definition) is 8. The Morgan fingerprint density at radius 3 is 2.68 bits per heavy atom. The van der Waals surface area contributed by atoms with Gasteiger partial charge in [-0.25, -0.2) is 4.98 Å². The van der Waals surface area contributed by atoms with Gasteiger partial charge in [0.25, 0.3) is 11.8 Å². The maximum Gasteiger partial charge on any atom is 0.261 e. The molecule has 2 aliphatic rings. The molecule has 2 amide bonds. The molecule has 0 unspecified atom stereocenters. The van der Waals surface area contributed by atoms with E-state index >= 15 is 0 Å². The minimum absolute atomic E-state index is 0.0319. The summed E-state index contributed by atoms with van der Waals surface area (Å²) in [5.41, 5.74) is 2.57. The van der Waals surface area contributed by atoms with Crippen LogP contribution < -0.4 is 16.0 Å². The molecule has 1 saturated carbocycles. The van der Waals surface area contributed by atoms with Crippen LogP contribution in [0.5, 0.6) is 0 Å². The maximum absolute atomic E-state index is 13.0. The van der Waals surface area contributed by atoms with Gasteiger partial charge in [-0.3, -0.25) is 9.59 Å². The minimum atomic E-state index is -0.0319. The Hall–Kier alpha value is -3.50. The molecule has 1 aliphatic heterocycles. The number of likely N-dealkylation sites (N-methyl/N-ethyl adjacent to an activating group) is 1. The van der Waals surface area contributed by atoms with E-state index in [1.54, 1.807) is 0 Å². The topological polar surface area (TPSA) is 102 Å². The summed E-state index contributed by atoms with van der Waals surface area (Å²) in [6.45, 7) is 4.54. The summed E-state index contributed by atoms with van der Waals surface area (Å²) in [5.74, 6) is 1.83. The van der Waals surface area contributed by atoms with E-state index in [1.165, 1.54) is 11.3 Å². The van der Waals surface area contributed by atoms with Crippen molar-refractivity contribution in [2.45, 2.75) is 25.2 Å². The molecule has 194 valence electrons. The first-order chi connectivity index (χ1) is 18.1. The first-order valence-corrected chi connectivity index (χ1v) is 13.7. The van der Waals surface area contributed by atoms with Crippen LogP contribution in [0.15, 0.2) is 48.0 Å². The van der Waals surface area contributed by atoms with Crippen molar-refractivity contribution in [3.8, 4) is 0 Å². The van der Waals surface area contributed by atoms with Crippen molar-refractivity contribution in [3.63, 3.8) is 0 Å². The SMILES string of the molecule is CN1CCN(C(=O)c2cccc(Nc3ncc(C4CC4)c(NCCCNC(=O)c4cccs4)n3)c2)CC1. The fraction of sp³-hybridized carbons (Fsp3) is 0.407.